The van der Waals surface area contributed by atoms with Crippen LogP contribution >= 0.6 is 0 Å². The number of nitrogens with one attached hydrogen (secondary N) is 2. The third-order valence-electron chi connectivity index (χ3n) is 7.75. The fourth-order valence-corrected chi connectivity index (χ4v) is 5.17. The van der Waals surface area contributed by atoms with Crippen LogP contribution in [0.15, 0.2) is 24.3 Å². The molecule has 2 amide bonds. The molecule has 7 nitrogen and oxygen atoms in total. The highest BCUT2D eigenvalue weighted by molar-refractivity contribution is 5.96. The van der Waals surface area contributed by atoms with Gasteiger partial charge in [0.15, 0.2) is 0 Å². The van der Waals surface area contributed by atoms with Crippen LogP contribution in [0.2, 0.25) is 0 Å². The van der Waals surface area contributed by atoms with E-state index in [0.29, 0.717) is 11.8 Å². The molecule has 2 N–H and O–H groups in total. The number of nitrogens with zero attached hydrogens (tertiary/aromatic N) is 3. The Morgan fingerprint density at radius 1 is 1.03 bits per heavy atom. The van der Waals surface area contributed by atoms with Gasteiger partial charge in [0.05, 0.1) is 5.52 Å². The summed E-state index contributed by atoms with van der Waals surface area (Å²) >= 11 is 0. The summed E-state index contributed by atoms with van der Waals surface area (Å²) in [5.41, 5.74) is 2.82. The smallest absolute Gasteiger partial charge is 0.224 e. The molecule has 1 aromatic heterocycles. The molecular formula is C27H39N5O2. The SMILES string of the molecule is Cc1cc(N2CCN(C)CC2)nc2ccc(NC(=O)CCC(=O)NC3CCCC(C)C3C)cc12. The third-order valence-corrected chi connectivity index (χ3v) is 7.75. The average molecular weight is 466 g/mol. The number of carbonyl (C=O) groups is 2. The number of fused-ring (bicyclic) bond motifs is 1. The van der Waals surface area contributed by atoms with Gasteiger partial charge in [-0.05, 0) is 62.1 Å². The lowest BCUT2D eigenvalue weighted by Crippen LogP contribution is -2.44. The van der Waals surface area contributed by atoms with Crippen LogP contribution in [-0.2, 0) is 9.59 Å². The summed E-state index contributed by atoms with van der Waals surface area (Å²) in [4.78, 5) is 34.5. The molecule has 0 bridgehead atoms. The number of pyridine rings is 1. The molecule has 1 aromatic carbocycles. The van der Waals surface area contributed by atoms with E-state index in [0.717, 1.165) is 67.0 Å². The van der Waals surface area contributed by atoms with E-state index in [4.69, 9.17) is 4.98 Å². The first-order valence-corrected chi connectivity index (χ1v) is 12.7. The van der Waals surface area contributed by atoms with E-state index in [2.05, 4.69) is 54.3 Å². The van der Waals surface area contributed by atoms with Gasteiger partial charge in [0.2, 0.25) is 11.8 Å². The van der Waals surface area contributed by atoms with Crippen molar-refractivity contribution in [1.82, 2.24) is 15.2 Å². The predicted molar refractivity (Wildman–Crippen MR) is 138 cm³/mol. The van der Waals surface area contributed by atoms with Crippen LogP contribution in [0.4, 0.5) is 11.5 Å². The van der Waals surface area contributed by atoms with Crippen LogP contribution < -0.4 is 15.5 Å². The van der Waals surface area contributed by atoms with Gasteiger partial charge in [0, 0.05) is 56.1 Å². The minimum atomic E-state index is -0.140. The highest BCUT2D eigenvalue weighted by Crippen LogP contribution is 2.29. The number of piperazine rings is 1. The lowest BCUT2D eigenvalue weighted by Gasteiger charge is -2.34. The number of likely N-dealkylation sites (N-methyl/N-ethyl adjacent to an activating group) is 1. The van der Waals surface area contributed by atoms with Crippen molar-refractivity contribution in [2.45, 2.75) is 58.9 Å². The largest absolute Gasteiger partial charge is 0.354 e. The Balaban J connectivity index is 1.32. The molecule has 1 saturated heterocycles. The zero-order chi connectivity index (χ0) is 24.2. The Morgan fingerprint density at radius 3 is 2.53 bits per heavy atom. The Labute approximate surface area is 203 Å². The number of hydrogen-bond acceptors (Lipinski definition) is 5. The number of carbonyl (C=O) groups excluding carboxylic acids is 2. The van der Waals surface area contributed by atoms with Crippen molar-refractivity contribution < 1.29 is 9.59 Å². The summed E-state index contributed by atoms with van der Waals surface area (Å²) in [5.74, 6) is 1.96. The molecule has 0 spiro atoms. The van der Waals surface area contributed by atoms with Crippen molar-refractivity contribution in [3.8, 4) is 0 Å². The van der Waals surface area contributed by atoms with Crippen molar-refractivity contribution in [1.29, 1.82) is 0 Å². The fourth-order valence-electron chi connectivity index (χ4n) is 5.17. The number of aryl methyl sites for hydroxylation is 1. The predicted octanol–water partition coefficient (Wildman–Crippen LogP) is 3.95. The second kappa shape index (κ2) is 10.7. The standard InChI is InChI=1S/C27H39N5O2/c1-18-6-5-7-23(20(18)3)30-27(34)11-10-26(33)28-21-8-9-24-22(17-21)19(2)16-25(29-24)32-14-12-31(4)13-15-32/h8-9,16-18,20,23H,5-7,10-15H2,1-4H3,(H,28,33)(H,30,34). The summed E-state index contributed by atoms with van der Waals surface area (Å²) in [7, 11) is 2.15. The molecule has 2 aromatic rings. The van der Waals surface area contributed by atoms with Gasteiger partial charge < -0.3 is 20.4 Å². The van der Waals surface area contributed by atoms with E-state index in [9.17, 15) is 9.59 Å². The van der Waals surface area contributed by atoms with E-state index in [1.54, 1.807) is 0 Å². The number of anilines is 2. The van der Waals surface area contributed by atoms with E-state index >= 15 is 0 Å². The minimum absolute atomic E-state index is 0.0314. The summed E-state index contributed by atoms with van der Waals surface area (Å²) in [6.45, 7) is 10.6. The Hall–Kier alpha value is -2.67. The van der Waals surface area contributed by atoms with Crippen LogP contribution in [0.1, 0.15) is 51.5 Å². The van der Waals surface area contributed by atoms with Crippen LogP contribution in [-0.4, -0.2) is 61.0 Å². The first-order valence-electron chi connectivity index (χ1n) is 12.7. The van der Waals surface area contributed by atoms with Gasteiger partial charge in [-0.25, -0.2) is 4.98 Å². The van der Waals surface area contributed by atoms with Crippen molar-refractivity contribution in [2.75, 3.05) is 43.4 Å². The number of rotatable bonds is 6. The number of aromatic nitrogens is 1. The average Bonchev–Trinajstić information content (AvgIpc) is 2.81. The van der Waals surface area contributed by atoms with E-state index < -0.39 is 0 Å². The third kappa shape index (κ3) is 5.87. The maximum absolute atomic E-state index is 12.5. The van der Waals surface area contributed by atoms with E-state index in [-0.39, 0.29) is 30.7 Å². The molecule has 4 rings (SSSR count). The second-order valence-corrected chi connectivity index (χ2v) is 10.3. The number of hydrogen-bond donors (Lipinski definition) is 2. The summed E-state index contributed by atoms with van der Waals surface area (Å²) in [5, 5.41) is 7.14. The van der Waals surface area contributed by atoms with Gasteiger partial charge in [0.25, 0.3) is 0 Å². The number of amides is 2. The molecule has 2 fully saturated rings. The monoisotopic (exact) mass is 465 g/mol. The van der Waals surface area contributed by atoms with Crippen LogP contribution in [0.25, 0.3) is 10.9 Å². The zero-order valence-electron chi connectivity index (χ0n) is 21.1. The normalized spacial score (nSPS) is 23.6. The molecule has 1 aliphatic heterocycles. The molecule has 7 heteroatoms. The van der Waals surface area contributed by atoms with Crippen molar-refractivity contribution >= 4 is 34.2 Å². The second-order valence-electron chi connectivity index (χ2n) is 10.3. The molecule has 2 aliphatic rings. The maximum Gasteiger partial charge on any atom is 0.224 e. The van der Waals surface area contributed by atoms with E-state index in [1.807, 2.05) is 18.2 Å². The molecule has 1 saturated carbocycles. The molecule has 3 atom stereocenters. The van der Waals surface area contributed by atoms with Crippen LogP contribution in [0, 0.1) is 18.8 Å². The molecule has 3 unspecified atom stereocenters. The Kier molecular flexibility index (Phi) is 7.71. The Bertz CT molecular complexity index is 1030. The fraction of sp³-hybridized carbons (Fsp3) is 0.593. The van der Waals surface area contributed by atoms with E-state index in [1.165, 1.54) is 6.42 Å². The first kappa shape index (κ1) is 24.5. The summed E-state index contributed by atoms with van der Waals surface area (Å²) in [6.07, 6.45) is 3.81. The Morgan fingerprint density at radius 2 is 1.76 bits per heavy atom. The first-order chi connectivity index (χ1) is 16.3. The number of benzene rings is 1. The molecule has 0 radical (unpaired) electrons. The van der Waals surface area contributed by atoms with Crippen LogP contribution in [0.3, 0.4) is 0 Å². The lowest BCUT2D eigenvalue weighted by atomic mass is 9.78. The quantitative estimate of drug-likeness (QED) is 0.675. The van der Waals surface area contributed by atoms with Crippen LogP contribution in [0.5, 0.6) is 0 Å². The molecule has 2 heterocycles. The van der Waals surface area contributed by atoms with Gasteiger partial charge in [0.1, 0.15) is 5.82 Å². The van der Waals surface area contributed by atoms with Gasteiger partial charge in [-0.15, -0.1) is 0 Å². The maximum atomic E-state index is 12.5. The molecule has 34 heavy (non-hydrogen) atoms. The van der Waals surface area contributed by atoms with Crippen molar-refractivity contribution in [3.05, 3.63) is 29.8 Å². The van der Waals surface area contributed by atoms with Crippen molar-refractivity contribution in [2.24, 2.45) is 11.8 Å². The highest BCUT2D eigenvalue weighted by atomic mass is 16.2. The molecule has 1 aliphatic carbocycles. The topological polar surface area (TPSA) is 77.6 Å². The highest BCUT2D eigenvalue weighted by Gasteiger charge is 2.28. The zero-order valence-corrected chi connectivity index (χ0v) is 21.1. The van der Waals surface area contributed by atoms with Crippen molar-refractivity contribution in [3.63, 3.8) is 0 Å². The minimum Gasteiger partial charge on any atom is -0.354 e. The summed E-state index contributed by atoms with van der Waals surface area (Å²) < 4.78 is 0. The van der Waals surface area contributed by atoms with Gasteiger partial charge >= 0.3 is 0 Å². The van der Waals surface area contributed by atoms with Gasteiger partial charge in [-0.1, -0.05) is 26.7 Å². The van der Waals surface area contributed by atoms with Gasteiger partial charge in [-0.3, -0.25) is 9.59 Å². The molecular weight excluding hydrogens is 426 g/mol. The van der Waals surface area contributed by atoms with Gasteiger partial charge in [-0.2, -0.15) is 0 Å². The molecule has 184 valence electrons. The lowest BCUT2D eigenvalue weighted by molar-refractivity contribution is -0.125. The summed E-state index contributed by atoms with van der Waals surface area (Å²) in [6, 6.07) is 8.21.